The molecule has 2 rings (SSSR count). The Morgan fingerprint density at radius 2 is 2.11 bits per heavy atom. The van der Waals surface area contributed by atoms with E-state index in [2.05, 4.69) is 15.1 Å². The molecule has 1 aromatic carbocycles. The fraction of sp³-hybridized carbons (Fsp3) is 0. The van der Waals surface area contributed by atoms with Crippen LogP contribution in [0.3, 0.4) is 0 Å². The summed E-state index contributed by atoms with van der Waals surface area (Å²) in [5.41, 5.74) is 5.42. The molecule has 0 radical (unpaired) electrons. The van der Waals surface area contributed by atoms with Gasteiger partial charge in [-0.2, -0.15) is 4.98 Å². The summed E-state index contributed by atoms with van der Waals surface area (Å²) in [4.78, 5) is 7.48. The molecule has 0 bridgehead atoms. The lowest BCUT2D eigenvalue weighted by Crippen LogP contribution is -2.15. The normalized spacial score (nSPS) is 11.4. The van der Waals surface area contributed by atoms with Crippen molar-refractivity contribution in [2.24, 2.45) is 10.9 Å². The van der Waals surface area contributed by atoms with Crippen molar-refractivity contribution in [2.45, 2.75) is 0 Å². The van der Waals surface area contributed by atoms with Crippen LogP contribution in [-0.2, 0) is 0 Å². The fourth-order valence-corrected chi connectivity index (χ4v) is 1.24. The van der Waals surface area contributed by atoms with Gasteiger partial charge in [0.15, 0.2) is 17.4 Å². The zero-order valence-corrected chi connectivity index (χ0v) is 9.42. The van der Waals surface area contributed by atoms with E-state index >= 15 is 0 Å². The number of nitrogens with two attached hydrogens (primary N) is 1. The predicted molar refractivity (Wildman–Crippen MR) is 61.0 cm³/mol. The molecule has 0 saturated carbocycles. The van der Waals surface area contributed by atoms with Crippen LogP contribution in [0.15, 0.2) is 35.6 Å². The van der Waals surface area contributed by atoms with Crippen LogP contribution in [0.2, 0.25) is 0 Å². The molecule has 0 atom stereocenters. The van der Waals surface area contributed by atoms with Crippen LogP contribution in [0.25, 0.3) is 0 Å². The molecule has 6 nitrogen and oxygen atoms in total. The van der Waals surface area contributed by atoms with Crippen molar-refractivity contribution in [3.63, 3.8) is 0 Å². The second-order valence-electron chi connectivity index (χ2n) is 3.39. The van der Waals surface area contributed by atoms with Crippen LogP contribution in [0.5, 0.6) is 11.8 Å². The van der Waals surface area contributed by atoms with Gasteiger partial charge in [-0.1, -0.05) is 5.16 Å². The average Bonchev–Trinajstić information content (AvgIpc) is 2.42. The van der Waals surface area contributed by atoms with Gasteiger partial charge in [0.1, 0.15) is 11.5 Å². The molecule has 0 aliphatic heterocycles. The van der Waals surface area contributed by atoms with Gasteiger partial charge >= 0.3 is 6.01 Å². The second kappa shape index (κ2) is 5.25. The third kappa shape index (κ3) is 2.92. The molecule has 2 aromatic rings. The Balaban J connectivity index is 2.31. The van der Waals surface area contributed by atoms with E-state index < -0.39 is 11.6 Å². The highest BCUT2D eigenvalue weighted by Gasteiger charge is 2.10. The smallest absolute Gasteiger partial charge is 0.322 e. The zero-order valence-electron chi connectivity index (χ0n) is 9.42. The van der Waals surface area contributed by atoms with E-state index in [4.69, 9.17) is 15.7 Å². The first-order valence-corrected chi connectivity index (χ1v) is 5.04. The van der Waals surface area contributed by atoms with E-state index in [1.165, 1.54) is 12.3 Å². The lowest BCUT2D eigenvalue weighted by atomic mass is 10.3. The number of halogens is 2. The average molecular weight is 266 g/mol. The van der Waals surface area contributed by atoms with Crippen LogP contribution in [0.4, 0.5) is 8.78 Å². The van der Waals surface area contributed by atoms with E-state index in [0.717, 1.165) is 18.2 Å². The minimum Gasteiger partial charge on any atom is -0.421 e. The first-order chi connectivity index (χ1) is 9.10. The summed E-state index contributed by atoms with van der Waals surface area (Å²) in [7, 11) is 0. The van der Waals surface area contributed by atoms with Crippen molar-refractivity contribution in [3.8, 4) is 11.8 Å². The van der Waals surface area contributed by atoms with Crippen molar-refractivity contribution in [1.29, 1.82) is 0 Å². The van der Waals surface area contributed by atoms with Gasteiger partial charge in [-0.05, 0) is 18.2 Å². The third-order valence-electron chi connectivity index (χ3n) is 2.10. The number of hydrogen-bond acceptors (Lipinski definition) is 5. The van der Waals surface area contributed by atoms with Crippen molar-refractivity contribution in [3.05, 3.63) is 47.8 Å². The molecular weight excluding hydrogens is 258 g/mol. The summed E-state index contributed by atoms with van der Waals surface area (Å²) < 4.78 is 31.3. The maximum atomic E-state index is 13.3. The van der Waals surface area contributed by atoms with E-state index in [-0.39, 0.29) is 23.3 Å². The summed E-state index contributed by atoms with van der Waals surface area (Å²) in [6.07, 6.45) is 1.27. The lowest BCUT2D eigenvalue weighted by Gasteiger charge is -2.05. The Morgan fingerprint density at radius 1 is 1.32 bits per heavy atom. The fourth-order valence-electron chi connectivity index (χ4n) is 1.24. The molecule has 1 heterocycles. The van der Waals surface area contributed by atoms with Gasteiger partial charge in [0.05, 0.1) is 0 Å². The summed E-state index contributed by atoms with van der Waals surface area (Å²) in [6, 6.07) is 3.83. The maximum absolute atomic E-state index is 13.3. The first-order valence-electron chi connectivity index (χ1n) is 5.04. The number of benzene rings is 1. The molecule has 0 fully saturated rings. The van der Waals surface area contributed by atoms with Crippen molar-refractivity contribution in [1.82, 2.24) is 9.97 Å². The van der Waals surface area contributed by atoms with Gasteiger partial charge in [-0.25, -0.2) is 13.8 Å². The molecule has 8 heteroatoms. The first kappa shape index (κ1) is 12.7. The standard InChI is InChI=1S/C11H8F2N4O2/c12-6-1-2-7(13)9(5-6)19-11-15-4-3-8(16-11)10(14)17-18/h1-5,18H,(H2,14,17). The minimum absolute atomic E-state index is 0.0873. The Labute approximate surface area is 106 Å². The van der Waals surface area contributed by atoms with Crippen molar-refractivity contribution < 1.29 is 18.7 Å². The second-order valence-corrected chi connectivity index (χ2v) is 3.39. The van der Waals surface area contributed by atoms with E-state index in [1.807, 2.05) is 0 Å². The highest BCUT2D eigenvalue weighted by Crippen LogP contribution is 2.22. The predicted octanol–water partition coefficient (Wildman–Crippen LogP) is 1.64. The molecule has 0 unspecified atom stereocenters. The third-order valence-corrected chi connectivity index (χ3v) is 2.10. The Bertz CT molecular complexity index is 634. The van der Waals surface area contributed by atoms with Gasteiger partial charge in [-0.15, -0.1) is 0 Å². The van der Waals surface area contributed by atoms with Gasteiger partial charge in [0, 0.05) is 12.3 Å². The lowest BCUT2D eigenvalue weighted by molar-refractivity contribution is 0.318. The summed E-state index contributed by atoms with van der Waals surface area (Å²) in [6.45, 7) is 0. The number of nitrogens with zero attached hydrogens (tertiary/aromatic N) is 3. The van der Waals surface area contributed by atoms with Gasteiger partial charge in [0.2, 0.25) is 0 Å². The number of rotatable bonds is 3. The van der Waals surface area contributed by atoms with Gasteiger partial charge in [-0.3, -0.25) is 0 Å². The van der Waals surface area contributed by atoms with Crippen LogP contribution < -0.4 is 10.5 Å². The topological polar surface area (TPSA) is 93.6 Å². The minimum atomic E-state index is -0.765. The molecule has 1 aromatic heterocycles. The van der Waals surface area contributed by atoms with Gasteiger partial charge in [0.25, 0.3) is 0 Å². The van der Waals surface area contributed by atoms with Gasteiger partial charge < -0.3 is 15.7 Å². The largest absolute Gasteiger partial charge is 0.421 e. The Kier molecular flexibility index (Phi) is 3.51. The molecule has 19 heavy (non-hydrogen) atoms. The van der Waals surface area contributed by atoms with Crippen LogP contribution in [0.1, 0.15) is 5.69 Å². The van der Waals surface area contributed by atoms with E-state index in [9.17, 15) is 8.78 Å². The van der Waals surface area contributed by atoms with Crippen LogP contribution in [0, 0.1) is 11.6 Å². The van der Waals surface area contributed by atoms with Crippen molar-refractivity contribution >= 4 is 5.84 Å². The number of aromatic nitrogens is 2. The summed E-state index contributed by atoms with van der Waals surface area (Å²) in [5.74, 6) is -2.05. The van der Waals surface area contributed by atoms with E-state index in [1.54, 1.807) is 0 Å². The molecular formula is C11H8F2N4O2. The molecule has 0 amide bonds. The monoisotopic (exact) mass is 266 g/mol. The highest BCUT2D eigenvalue weighted by atomic mass is 19.1. The van der Waals surface area contributed by atoms with Crippen LogP contribution in [-0.4, -0.2) is 21.0 Å². The van der Waals surface area contributed by atoms with Crippen molar-refractivity contribution in [2.75, 3.05) is 0 Å². The molecule has 0 aliphatic carbocycles. The number of amidine groups is 1. The Morgan fingerprint density at radius 3 is 2.84 bits per heavy atom. The highest BCUT2D eigenvalue weighted by molar-refractivity contribution is 5.95. The molecule has 0 saturated heterocycles. The van der Waals surface area contributed by atoms with E-state index in [0.29, 0.717) is 0 Å². The molecule has 3 N–H and O–H groups in total. The zero-order chi connectivity index (χ0) is 13.8. The maximum Gasteiger partial charge on any atom is 0.322 e. The molecule has 0 aliphatic rings. The van der Waals surface area contributed by atoms with Crippen LogP contribution >= 0.6 is 0 Å². The Hall–Kier alpha value is -2.77. The molecule has 98 valence electrons. The number of hydrogen-bond donors (Lipinski definition) is 2. The summed E-state index contributed by atoms with van der Waals surface area (Å²) in [5, 5.41) is 11.3. The quantitative estimate of drug-likeness (QED) is 0.381. The molecule has 0 spiro atoms. The summed E-state index contributed by atoms with van der Waals surface area (Å²) >= 11 is 0. The number of ether oxygens (including phenoxy) is 1. The SMILES string of the molecule is N/C(=N/O)c1ccnc(Oc2cc(F)ccc2F)n1. The number of oxime groups is 1.